The Balaban J connectivity index is 3.22. The first-order valence-corrected chi connectivity index (χ1v) is 5.51. The topological polar surface area (TPSA) is 70.1 Å². The maximum Gasteiger partial charge on any atom is 0.236 e. The number of primary amides is 1. The molecule has 0 bridgehead atoms. The molecule has 0 aliphatic heterocycles. The molecule has 90 valence electrons. The zero-order chi connectivity index (χ0) is 13.0. The normalized spacial score (nSPS) is 10.1. The molecule has 4 nitrogen and oxygen atoms in total. The molecule has 0 saturated carbocycles. The molecule has 0 radical (unpaired) electrons. The van der Waals surface area contributed by atoms with Gasteiger partial charge in [-0.05, 0) is 38.5 Å². The molecule has 0 saturated heterocycles. The number of carbonyl (C=O) groups excluding carboxylic acids is 1. The van der Waals surface area contributed by atoms with E-state index in [1.165, 1.54) is 0 Å². The summed E-state index contributed by atoms with van der Waals surface area (Å²) in [4.78, 5) is 12.9. The van der Waals surface area contributed by atoms with Gasteiger partial charge in [0.05, 0.1) is 17.8 Å². The van der Waals surface area contributed by atoms with E-state index in [9.17, 15) is 4.79 Å². The minimum Gasteiger partial charge on any atom is -0.368 e. The van der Waals surface area contributed by atoms with Gasteiger partial charge in [-0.15, -0.1) is 0 Å². The molecule has 0 unspecified atom stereocenters. The number of aryl methyl sites for hydroxylation is 1. The van der Waals surface area contributed by atoms with Gasteiger partial charge in [0.15, 0.2) is 0 Å². The number of benzene rings is 1. The van der Waals surface area contributed by atoms with Crippen LogP contribution in [0.5, 0.6) is 0 Å². The number of hydrogen-bond donors (Lipinski definition) is 1. The van der Waals surface area contributed by atoms with Crippen molar-refractivity contribution in [1.29, 1.82) is 5.26 Å². The van der Waals surface area contributed by atoms with Crippen LogP contribution in [0.1, 0.15) is 25.0 Å². The van der Waals surface area contributed by atoms with Crippen molar-refractivity contribution in [3.8, 4) is 6.07 Å². The molecule has 0 fully saturated rings. The van der Waals surface area contributed by atoms with E-state index >= 15 is 0 Å². The first kappa shape index (κ1) is 13.0. The van der Waals surface area contributed by atoms with E-state index in [1.54, 1.807) is 6.07 Å². The average molecular weight is 231 g/mol. The Morgan fingerprint density at radius 1 is 1.53 bits per heavy atom. The van der Waals surface area contributed by atoms with Gasteiger partial charge in [-0.2, -0.15) is 5.26 Å². The zero-order valence-corrected chi connectivity index (χ0v) is 10.4. The maximum absolute atomic E-state index is 11.1. The Hall–Kier alpha value is -2.02. The average Bonchev–Trinajstić information content (AvgIpc) is 2.25. The molecule has 2 N–H and O–H groups in total. The molecule has 1 amide bonds. The van der Waals surface area contributed by atoms with Gasteiger partial charge >= 0.3 is 0 Å². The van der Waals surface area contributed by atoms with Crippen molar-refractivity contribution in [2.75, 3.05) is 11.4 Å². The number of carbonyl (C=O) groups is 1. The largest absolute Gasteiger partial charge is 0.368 e. The summed E-state index contributed by atoms with van der Waals surface area (Å²) >= 11 is 0. The molecule has 0 aliphatic rings. The van der Waals surface area contributed by atoms with Gasteiger partial charge in [-0.1, -0.05) is 6.07 Å². The summed E-state index contributed by atoms with van der Waals surface area (Å²) in [6.45, 7) is 6.00. The van der Waals surface area contributed by atoms with Crippen LogP contribution in [0.2, 0.25) is 0 Å². The molecule has 1 aromatic carbocycles. The van der Waals surface area contributed by atoms with Crippen LogP contribution in [0.4, 0.5) is 5.69 Å². The number of rotatable bonds is 4. The van der Waals surface area contributed by atoms with Crippen molar-refractivity contribution in [1.82, 2.24) is 0 Å². The molecule has 17 heavy (non-hydrogen) atoms. The second kappa shape index (κ2) is 5.35. The molecule has 0 atom stereocenters. The lowest BCUT2D eigenvalue weighted by Crippen LogP contribution is -2.39. The van der Waals surface area contributed by atoms with Crippen LogP contribution in [0.25, 0.3) is 0 Å². The molecule has 4 heteroatoms. The van der Waals surface area contributed by atoms with Crippen LogP contribution in [0, 0.1) is 18.3 Å². The molecule has 0 spiro atoms. The quantitative estimate of drug-likeness (QED) is 0.855. The van der Waals surface area contributed by atoms with E-state index in [0.717, 1.165) is 11.3 Å². The number of amides is 1. The van der Waals surface area contributed by atoms with Crippen molar-refractivity contribution >= 4 is 11.6 Å². The van der Waals surface area contributed by atoms with Crippen LogP contribution in [0.15, 0.2) is 18.2 Å². The lowest BCUT2D eigenvalue weighted by atomic mass is 10.1. The summed E-state index contributed by atoms with van der Waals surface area (Å²) in [7, 11) is 0. The fourth-order valence-electron chi connectivity index (χ4n) is 1.69. The van der Waals surface area contributed by atoms with Crippen molar-refractivity contribution in [3.63, 3.8) is 0 Å². The Labute approximate surface area is 102 Å². The first-order chi connectivity index (χ1) is 7.95. The summed E-state index contributed by atoms with van der Waals surface area (Å²) < 4.78 is 0. The fourth-order valence-corrected chi connectivity index (χ4v) is 1.69. The smallest absolute Gasteiger partial charge is 0.236 e. The van der Waals surface area contributed by atoms with Gasteiger partial charge in [0.1, 0.15) is 6.07 Å². The lowest BCUT2D eigenvalue weighted by molar-refractivity contribution is -0.116. The van der Waals surface area contributed by atoms with Gasteiger partial charge < -0.3 is 10.6 Å². The van der Waals surface area contributed by atoms with Gasteiger partial charge in [-0.3, -0.25) is 4.79 Å². The number of nitrogens with zero attached hydrogens (tertiary/aromatic N) is 2. The molecular weight excluding hydrogens is 214 g/mol. The highest BCUT2D eigenvalue weighted by Gasteiger charge is 2.16. The highest BCUT2D eigenvalue weighted by atomic mass is 16.1. The van der Waals surface area contributed by atoms with Crippen molar-refractivity contribution in [3.05, 3.63) is 29.3 Å². The summed E-state index contributed by atoms with van der Waals surface area (Å²) in [5, 5.41) is 9.08. The van der Waals surface area contributed by atoms with Gasteiger partial charge in [0.2, 0.25) is 5.91 Å². The third kappa shape index (κ3) is 3.22. The molecule has 0 aromatic heterocycles. The van der Waals surface area contributed by atoms with Gasteiger partial charge in [0.25, 0.3) is 0 Å². The highest BCUT2D eigenvalue weighted by Crippen LogP contribution is 2.23. The van der Waals surface area contributed by atoms with Gasteiger partial charge in [-0.25, -0.2) is 0 Å². The molecule has 1 rings (SSSR count). The standard InChI is InChI=1S/C13H17N3O/c1-9(2)16(8-13(15)17)12-6-10(3)4-5-11(12)7-14/h4-6,9H,8H2,1-3H3,(H2,15,17). The van der Waals surface area contributed by atoms with Crippen LogP contribution >= 0.6 is 0 Å². The first-order valence-electron chi connectivity index (χ1n) is 5.51. The number of hydrogen-bond acceptors (Lipinski definition) is 3. The second-order valence-corrected chi connectivity index (χ2v) is 4.32. The predicted molar refractivity (Wildman–Crippen MR) is 67.6 cm³/mol. The van der Waals surface area contributed by atoms with Crippen molar-refractivity contribution < 1.29 is 4.79 Å². The van der Waals surface area contributed by atoms with E-state index in [2.05, 4.69) is 6.07 Å². The highest BCUT2D eigenvalue weighted by molar-refractivity contribution is 5.80. The molecular formula is C13H17N3O. The fraction of sp³-hybridized carbons (Fsp3) is 0.385. The summed E-state index contributed by atoms with van der Waals surface area (Å²) in [5.41, 5.74) is 7.61. The van der Waals surface area contributed by atoms with E-state index in [0.29, 0.717) is 5.56 Å². The Kier molecular flexibility index (Phi) is 4.11. The third-order valence-corrected chi connectivity index (χ3v) is 2.53. The number of nitrogens with two attached hydrogens (primary N) is 1. The summed E-state index contributed by atoms with van der Waals surface area (Å²) in [6, 6.07) is 7.79. The Morgan fingerprint density at radius 2 is 2.18 bits per heavy atom. The monoisotopic (exact) mass is 231 g/mol. The Morgan fingerprint density at radius 3 is 2.65 bits per heavy atom. The summed E-state index contributed by atoms with van der Waals surface area (Å²) in [5.74, 6) is -0.399. The second-order valence-electron chi connectivity index (χ2n) is 4.32. The minimum absolute atomic E-state index is 0.108. The van der Waals surface area contributed by atoms with Crippen molar-refractivity contribution in [2.24, 2.45) is 5.73 Å². The van der Waals surface area contributed by atoms with Crippen LogP contribution in [0.3, 0.4) is 0 Å². The minimum atomic E-state index is -0.399. The van der Waals surface area contributed by atoms with E-state index in [1.807, 2.05) is 37.8 Å². The van der Waals surface area contributed by atoms with Crippen LogP contribution in [-0.4, -0.2) is 18.5 Å². The zero-order valence-electron chi connectivity index (χ0n) is 10.4. The number of nitriles is 1. The van der Waals surface area contributed by atoms with E-state index < -0.39 is 5.91 Å². The SMILES string of the molecule is Cc1ccc(C#N)c(N(CC(N)=O)C(C)C)c1. The summed E-state index contributed by atoms with van der Waals surface area (Å²) in [6.07, 6.45) is 0. The Bertz CT molecular complexity index is 460. The predicted octanol–water partition coefficient (Wildman–Crippen LogP) is 1.57. The lowest BCUT2D eigenvalue weighted by Gasteiger charge is -2.28. The van der Waals surface area contributed by atoms with Crippen LogP contribution in [-0.2, 0) is 4.79 Å². The van der Waals surface area contributed by atoms with Crippen LogP contribution < -0.4 is 10.6 Å². The molecule has 1 aromatic rings. The van der Waals surface area contributed by atoms with E-state index in [4.69, 9.17) is 11.0 Å². The van der Waals surface area contributed by atoms with E-state index in [-0.39, 0.29) is 12.6 Å². The maximum atomic E-state index is 11.1. The molecule has 0 aliphatic carbocycles. The van der Waals surface area contributed by atoms with Crippen molar-refractivity contribution in [2.45, 2.75) is 26.8 Å². The van der Waals surface area contributed by atoms with Gasteiger partial charge in [0, 0.05) is 6.04 Å². The number of anilines is 1. The third-order valence-electron chi connectivity index (χ3n) is 2.53. The molecule has 0 heterocycles.